The van der Waals surface area contributed by atoms with Crippen molar-refractivity contribution in [3.8, 4) is 0 Å². The van der Waals surface area contributed by atoms with Crippen LogP contribution in [0.2, 0.25) is 0 Å². The maximum atomic E-state index is 5.51. The molecule has 0 radical (unpaired) electrons. The first-order valence-electron chi connectivity index (χ1n) is 11.0. The van der Waals surface area contributed by atoms with Gasteiger partial charge < -0.3 is 4.74 Å². The van der Waals surface area contributed by atoms with Crippen LogP contribution >= 0.6 is 0 Å². The fraction of sp³-hybridized carbons (Fsp3) is 0.444. The number of nitrogens with zero attached hydrogens (tertiary/aromatic N) is 1. The first kappa shape index (κ1) is 24.8. The number of methoxy groups -OCH3 is 1. The molecule has 4 nitrogen and oxygen atoms in total. The average molecular weight is 424 g/mol. The Hall–Kier alpha value is -2.43. The predicted molar refractivity (Wildman–Crippen MR) is 129 cm³/mol. The lowest BCUT2D eigenvalue weighted by Gasteiger charge is -2.23. The van der Waals surface area contributed by atoms with Gasteiger partial charge in [0, 0.05) is 22.9 Å². The van der Waals surface area contributed by atoms with Gasteiger partial charge in [0.1, 0.15) is 11.9 Å². The number of allylic oxidation sites excluding steroid dienone is 7. The van der Waals surface area contributed by atoms with E-state index in [1.54, 1.807) is 7.11 Å². The summed E-state index contributed by atoms with van der Waals surface area (Å²) in [6.45, 7) is 19.1. The standard InChI is InChI=1S/C27H37NO3/c1-10-30-31-25-12-11-22(14-19(25)6)24(13-17(2)3)27-20(7)15-23(16-28-27)26(18(4)5)21(8)29-9/h11,13-17,25H,4,10,12H2,1-3,5-9H3/b24-13-,26-21+. The smallest absolute Gasteiger partial charge is 0.117 e. The number of hydrogen-bond acceptors (Lipinski definition) is 4. The van der Waals surface area contributed by atoms with E-state index in [9.17, 15) is 0 Å². The molecule has 0 N–H and O–H groups in total. The quantitative estimate of drug-likeness (QED) is 0.186. The Morgan fingerprint density at radius 1 is 1.29 bits per heavy atom. The van der Waals surface area contributed by atoms with E-state index in [0.717, 1.165) is 51.3 Å². The van der Waals surface area contributed by atoms with Crippen molar-refractivity contribution in [2.45, 2.75) is 61.0 Å². The lowest BCUT2D eigenvalue weighted by atomic mass is 9.88. The van der Waals surface area contributed by atoms with Crippen molar-refractivity contribution in [3.63, 3.8) is 0 Å². The molecule has 1 aliphatic rings. The van der Waals surface area contributed by atoms with Crippen molar-refractivity contribution in [1.82, 2.24) is 4.98 Å². The fourth-order valence-electron chi connectivity index (χ4n) is 3.76. The van der Waals surface area contributed by atoms with Crippen LogP contribution in [-0.2, 0) is 14.5 Å². The molecule has 1 aromatic rings. The minimum absolute atomic E-state index is 0.0410. The fourth-order valence-corrected chi connectivity index (χ4v) is 3.76. The Bertz CT molecular complexity index is 932. The molecule has 1 unspecified atom stereocenters. The van der Waals surface area contributed by atoms with E-state index in [0.29, 0.717) is 12.5 Å². The van der Waals surface area contributed by atoms with E-state index in [4.69, 9.17) is 19.5 Å². The molecule has 1 heterocycles. The largest absolute Gasteiger partial charge is 0.501 e. The van der Waals surface area contributed by atoms with Gasteiger partial charge in [0.15, 0.2) is 0 Å². The third-order valence-corrected chi connectivity index (χ3v) is 5.26. The van der Waals surface area contributed by atoms with Gasteiger partial charge in [-0.15, -0.1) is 0 Å². The van der Waals surface area contributed by atoms with Gasteiger partial charge in [-0.3, -0.25) is 4.98 Å². The minimum Gasteiger partial charge on any atom is -0.501 e. The highest BCUT2D eigenvalue weighted by Crippen LogP contribution is 2.34. The molecule has 2 rings (SSSR count). The molecular weight excluding hydrogens is 386 g/mol. The summed E-state index contributed by atoms with van der Waals surface area (Å²) >= 11 is 0. The number of rotatable bonds is 9. The number of aryl methyl sites for hydroxylation is 1. The molecule has 168 valence electrons. The van der Waals surface area contributed by atoms with Crippen molar-refractivity contribution in [2.75, 3.05) is 13.7 Å². The van der Waals surface area contributed by atoms with Crippen LogP contribution in [0.3, 0.4) is 0 Å². The van der Waals surface area contributed by atoms with E-state index in [1.807, 2.05) is 27.0 Å². The van der Waals surface area contributed by atoms with Crippen LogP contribution in [0.25, 0.3) is 11.1 Å². The van der Waals surface area contributed by atoms with Crippen molar-refractivity contribution in [2.24, 2.45) is 5.92 Å². The summed E-state index contributed by atoms with van der Waals surface area (Å²) in [5, 5.41) is 0. The molecule has 0 bridgehead atoms. The monoisotopic (exact) mass is 423 g/mol. The first-order valence-corrected chi connectivity index (χ1v) is 11.0. The van der Waals surface area contributed by atoms with E-state index in [1.165, 1.54) is 5.57 Å². The normalized spacial score (nSPS) is 17.8. The van der Waals surface area contributed by atoms with Crippen molar-refractivity contribution < 1.29 is 14.5 Å². The van der Waals surface area contributed by atoms with E-state index in [-0.39, 0.29) is 6.10 Å². The minimum atomic E-state index is -0.0410. The number of hydrogen-bond donors (Lipinski definition) is 0. The lowest BCUT2D eigenvalue weighted by Crippen LogP contribution is -2.17. The summed E-state index contributed by atoms with van der Waals surface area (Å²) in [7, 11) is 1.68. The molecule has 0 fully saturated rings. The molecule has 1 aromatic heterocycles. The van der Waals surface area contributed by atoms with Gasteiger partial charge in [0.2, 0.25) is 0 Å². The summed E-state index contributed by atoms with van der Waals surface area (Å²) in [5.74, 6) is 1.23. The van der Waals surface area contributed by atoms with Crippen LogP contribution in [0.5, 0.6) is 0 Å². The molecule has 1 aliphatic carbocycles. The third-order valence-electron chi connectivity index (χ3n) is 5.26. The molecule has 1 atom stereocenters. The van der Waals surface area contributed by atoms with Crippen LogP contribution in [-0.4, -0.2) is 24.8 Å². The van der Waals surface area contributed by atoms with Crippen molar-refractivity contribution >= 4 is 11.1 Å². The number of aromatic nitrogens is 1. The Kier molecular flexibility index (Phi) is 9.02. The zero-order chi connectivity index (χ0) is 23.1. The molecule has 0 aromatic carbocycles. The van der Waals surface area contributed by atoms with E-state index in [2.05, 4.69) is 58.6 Å². The predicted octanol–water partition coefficient (Wildman–Crippen LogP) is 7.00. The Morgan fingerprint density at radius 2 is 2.00 bits per heavy atom. The van der Waals surface area contributed by atoms with Crippen LogP contribution in [0.15, 0.2) is 59.5 Å². The molecule has 0 spiro atoms. The van der Waals surface area contributed by atoms with Gasteiger partial charge in [-0.2, -0.15) is 0 Å². The highest BCUT2D eigenvalue weighted by Gasteiger charge is 2.21. The highest BCUT2D eigenvalue weighted by molar-refractivity contribution is 5.84. The van der Waals surface area contributed by atoms with E-state index < -0.39 is 0 Å². The van der Waals surface area contributed by atoms with E-state index >= 15 is 0 Å². The maximum Gasteiger partial charge on any atom is 0.117 e. The SMILES string of the molecule is C=C(C)/C(=C(/C)OC)c1cnc(/C(=C\C(C)C)C2=CCC(OOCC)C(C)=C2)c(C)c1. The second-order valence-corrected chi connectivity index (χ2v) is 8.40. The molecular formula is C27H37NO3. The topological polar surface area (TPSA) is 40.6 Å². The first-order chi connectivity index (χ1) is 14.7. The summed E-state index contributed by atoms with van der Waals surface area (Å²) in [4.78, 5) is 15.6. The molecule has 31 heavy (non-hydrogen) atoms. The third kappa shape index (κ3) is 6.28. The van der Waals surface area contributed by atoms with Crippen molar-refractivity contribution in [1.29, 1.82) is 0 Å². The highest BCUT2D eigenvalue weighted by atomic mass is 17.2. The van der Waals surface area contributed by atoms with Crippen LogP contribution < -0.4 is 0 Å². The lowest BCUT2D eigenvalue weighted by molar-refractivity contribution is -0.312. The summed E-state index contributed by atoms with van der Waals surface area (Å²) < 4.78 is 5.48. The van der Waals surface area contributed by atoms with Crippen LogP contribution in [0.1, 0.15) is 64.8 Å². The number of pyridine rings is 1. The average Bonchev–Trinajstić information content (AvgIpc) is 2.71. The zero-order valence-electron chi connectivity index (χ0n) is 20.3. The second-order valence-electron chi connectivity index (χ2n) is 8.40. The van der Waals surface area contributed by atoms with Gasteiger partial charge in [0.25, 0.3) is 0 Å². The summed E-state index contributed by atoms with van der Waals surface area (Å²) in [6, 6.07) is 2.17. The van der Waals surface area contributed by atoms with Gasteiger partial charge in [-0.25, -0.2) is 9.78 Å². The van der Waals surface area contributed by atoms with Crippen LogP contribution in [0.4, 0.5) is 0 Å². The maximum absolute atomic E-state index is 5.51. The number of ether oxygens (including phenoxy) is 1. The second kappa shape index (κ2) is 11.3. The van der Waals surface area contributed by atoms with Crippen LogP contribution in [0, 0.1) is 12.8 Å². The molecule has 0 saturated heterocycles. The van der Waals surface area contributed by atoms with Gasteiger partial charge >= 0.3 is 0 Å². The molecule has 4 heteroatoms. The molecule has 0 aliphatic heterocycles. The zero-order valence-corrected chi connectivity index (χ0v) is 20.3. The van der Waals surface area contributed by atoms with Crippen molar-refractivity contribution in [3.05, 3.63) is 76.4 Å². The Morgan fingerprint density at radius 3 is 2.52 bits per heavy atom. The summed E-state index contributed by atoms with van der Waals surface area (Å²) in [6.07, 6.45) is 9.34. The van der Waals surface area contributed by atoms with Gasteiger partial charge in [-0.1, -0.05) is 38.7 Å². The Labute approximate surface area is 187 Å². The van der Waals surface area contributed by atoms with Gasteiger partial charge in [-0.05, 0) is 75.3 Å². The summed E-state index contributed by atoms with van der Waals surface area (Å²) in [5.41, 5.74) is 8.57. The van der Waals surface area contributed by atoms with Gasteiger partial charge in [0.05, 0.1) is 19.4 Å². The molecule has 0 amide bonds. The molecule has 0 saturated carbocycles. The Balaban J connectivity index is 2.48.